The zero-order valence-electron chi connectivity index (χ0n) is 15.8. The number of aromatic nitrogens is 1. The van der Waals surface area contributed by atoms with Crippen molar-refractivity contribution in [2.75, 3.05) is 5.32 Å². The third-order valence-electron chi connectivity index (χ3n) is 4.13. The molecule has 4 aromatic rings. The minimum absolute atomic E-state index is 0.238. The van der Waals surface area contributed by atoms with Gasteiger partial charge in [0.1, 0.15) is 5.58 Å². The van der Waals surface area contributed by atoms with Crippen LogP contribution in [0.1, 0.15) is 24.2 Å². The lowest BCUT2D eigenvalue weighted by molar-refractivity contribution is 0.102. The normalized spacial score (nSPS) is 11.1. The third-order valence-corrected chi connectivity index (χ3v) is 5.90. The van der Waals surface area contributed by atoms with Crippen LogP contribution in [0, 0.1) is 0 Å². The standard InChI is InChI=1S/C22H18N2O3S2/c1-13(2)29-16-9-7-14(8-10-16)20(25)24-22-23-18(12-28-22)17-11-15-5-3-4-6-19(15)27-21(17)26/h3-13H,1-2H3,(H,23,24,25). The molecule has 0 bridgehead atoms. The number of thiazole rings is 1. The highest BCUT2D eigenvalue weighted by molar-refractivity contribution is 7.99. The van der Waals surface area contributed by atoms with Crippen LogP contribution in [-0.2, 0) is 0 Å². The van der Waals surface area contributed by atoms with Gasteiger partial charge >= 0.3 is 5.63 Å². The molecule has 0 aliphatic carbocycles. The number of thioether (sulfide) groups is 1. The fraction of sp³-hybridized carbons (Fsp3) is 0.136. The molecule has 2 heterocycles. The molecule has 0 atom stereocenters. The van der Waals surface area contributed by atoms with Crippen molar-refractivity contribution in [1.82, 2.24) is 4.98 Å². The molecule has 0 unspecified atom stereocenters. The van der Waals surface area contributed by atoms with Crippen molar-refractivity contribution < 1.29 is 9.21 Å². The molecule has 0 saturated carbocycles. The number of hydrogen-bond donors (Lipinski definition) is 1. The average Bonchev–Trinajstić information content (AvgIpc) is 3.15. The first-order valence-corrected chi connectivity index (χ1v) is 10.8. The molecule has 1 N–H and O–H groups in total. The molecule has 5 nitrogen and oxygen atoms in total. The lowest BCUT2D eigenvalue weighted by Gasteiger charge is -2.06. The van der Waals surface area contributed by atoms with Gasteiger partial charge in [0.25, 0.3) is 5.91 Å². The van der Waals surface area contributed by atoms with Crippen molar-refractivity contribution in [3.05, 3.63) is 76.0 Å². The molecule has 2 aromatic carbocycles. The summed E-state index contributed by atoms with van der Waals surface area (Å²) in [6, 6.07) is 16.5. The Labute approximate surface area is 175 Å². The summed E-state index contributed by atoms with van der Waals surface area (Å²) in [5.41, 5.74) is 1.48. The first kappa shape index (κ1) is 19.4. The Kier molecular flexibility index (Phi) is 5.51. The molecule has 4 rings (SSSR count). The van der Waals surface area contributed by atoms with Crippen LogP contribution in [0.15, 0.2) is 74.1 Å². The molecule has 0 saturated heterocycles. The monoisotopic (exact) mass is 422 g/mol. The largest absolute Gasteiger partial charge is 0.422 e. The second kappa shape index (κ2) is 8.23. The summed E-state index contributed by atoms with van der Waals surface area (Å²) in [4.78, 5) is 30.3. The van der Waals surface area contributed by atoms with Crippen LogP contribution < -0.4 is 10.9 Å². The first-order chi connectivity index (χ1) is 14.0. The number of carbonyl (C=O) groups is 1. The van der Waals surface area contributed by atoms with Crippen LogP contribution in [-0.4, -0.2) is 16.1 Å². The van der Waals surface area contributed by atoms with E-state index in [2.05, 4.69) is 24.1 Å². The molecule has 0 aliphatic heterocycles. The number of nitrogens with one attached hydrogen (secondary N) is 1. The summed E-state index contributed by atoms with van der Waals surface area (Å²) in [6.07, 6.45) is 0. The van der Waals surface area contributed by atoms with Gasteiger partial charge < -0.3 is 4.42 Å². The van der Waals surface area contributed by atoms with Gasteiger partial charge in [-0.2, -0.15) is 0 Å². The minimum atomic E-state index is -0.454. The van der Waals surface area contributed by atoms with E-state index in [0.717, 1.165) is 10.3 Å². The number of nitrogens with zero attached hydrogens (tertiary/aromatic N) is 1. The lowest BCUT2D eigenvalue weighted by Crippen LogP contribution is -2.11. The van der Waals surface area contributed by atoms with E-state index in [-0.39, 0.29) is 5.91 Å². The van der Waals surface area contributed by atoms with Crippen molar-refractivity contribution in [1.29, 1.82) is 0 Å². The maximum absolute atomic E-state index is 12.5. The summed E-state index contributed by atoms with van der Waals surface area (Å²) in [5, 5.41) is 6.26. The topological polar surface area (TPSA) is 72.2 Å². The van der Waals surface area contributed by atoms with Gasteiger partial charge in [0, 0.05) is 26.5 Å². The fourth-order valence-corrected chi connectivity index (χ4v) is 4.36. The van der Waals surface area contributed by atoms with Gasteiger partial charge in [-0.1, -0.05) is 32.0 Å². The fourth-order valence-electron chi connectivity index (χ4n) is 2.82. The zero-order valence-corrected chi connectivity index (χ0v) is 17.5. The SMILES string of the molecule is CC(C)Sc1ccc(C(=O)Nc2nc(-c3cc4ccccc4oc3=O)cs2)cc1. The Balaban J connectivity index is 1.53. The van der Waals surface area contributed by atoms with Crippen LogP contribution in [0.2, 0.25) is 0 Å². The Morgan fingerprint density at radius 1 is 1.14 bits per heavy atom. The van der Waals surface area contributed by atoms with Crippen LogP contribution >= 0.6 is 23.1 Å². The molecule has 0 radical (unpaired) electrons. The van der Waals surface area contributed by atoms with E-state index in [1.807, 2.05) is 30.3 Å². The smallest absolute Gasteiger partial charge is 0.345 e. The van der Waals surface area contributed by atoms with Crippen LogP contribution in [0.5, 0.6) is 0 Å². The van der Waals surface area contributed by atoms with Crippen LogP contribution in [0.3, 0.4) is 0 Å². The first-order valence-electron chi connectivity index (χ1n) is 9.06. The van der Waals surface area contributed by atoms with Crippen LogP contribution in [0.4, 0.5) is 5.13 Å². The minimum Gasteiger partial charge on any atom is -0.422 e. The van der Waals surface area contributed by atoms with E-state index >= 15 is 0 Å². The zero-order chi connectivity index (χ0) is 20.4. The molecule has 0 fully saturated rings. The number of anilines is 1. The summed E-state index contributed by atoms with van der Waals surface area (Å²) >= 11 is 3.01. The van der Waals surface area contributed by atoms with Gasteiger partial charge in [-0.25, -0.2) is 9.78 Å². The number of rotatable bonds is 5. The molecule has 146 valence electrons. The number of hydrogen-bond acceptors (Lipinski definition) is 6. The van der Waals surface area contributed by atoms with E-state index in [9.17, 15) is 9.59 Å². The third kappa shape index (κ3) is 4.41. The van der Waals surface area contributed by atoms with E-state index in [1.54, 1.807) is 41.4 Å². The van der Waals surface area contributed by atoms with Gasteiger partial charge in [0.05, 0.1) is 11.3 Å². The van der Waals surface area contributed by atoms with Crippen molar-refractivity contribution in [2.24, 2.45) is 0 Å². The number of benzene rings is 2. The maximum Gasteiger partial charge on any atom is 0.345 e. The Hall–Kier alpha value is -2.90. The van der Waals surface area contributed by atoms with Crippen molar-refractivity contribution in [3.8, 4) is 11.3 Å². The van der Waals surface area contributed by atoms with Crippen LogP contribution in [0.25, 0.3) is 22.2 Å². The second-order valence-electron chi connectivity index (χ2n) is 6.67. The van der Waals surface area contributed by atoms with Crippen molar-refractivity contribution >= 4 is 45.1 Å². The average molecular weight is 423 g/mol. The quantitative estimate of drug-likeness (QED) is 0.331. The number of carbonyl (C=O) groups excluding carboxylic acids is 1. The molecule has 29 heavy (non-hydrogen) atoms. The van der Waals surface area contributed by atoms with E-state index in [0.29, 0.717) is 32.8 Å². The molecule has 1 amide bonds. The van der Waals surface area contributed by atoms with Gasteiger partial charge in [0.2, 0.25) is 0 Å². The van der Waals surface area contributed by atoms with E-state index in [1.165, 1.54) is 11.3 Å². The second-order valence-corrected chi connectivity index (χ2v) is 9.18. The summed E-state index contributed by atoms with van der Waals surface area (Å²) in [7, 11) is 0. The van der Waals surface area contributed by atoms with Crippen molar-refractivity contribution in [2.45, 2.75) is 24.0 Å². The molecule has 2 aromatic heterocycles. The summed E-state index contributed by atoms with van der Waals surface area (Å²) < 4.78 is 5.37. The predicted molar refractivity (Wildman–Crippen MR) is 119 cm³/mol. The number of fused-ring (bicyclic) bond motifs is 1. The Morgan fingerprint density at radius 2 is 1.90 bits per heavy atom. The molecular weight excluding hydrogens is 404 g/mol. The highest BCUT2D eigenvalue weighted by atomic mass is 32.2. The van der Waals surface area contributed by atoms with Gasteiger partial charge in [-0.05, 0) is 36.4 Å². The molecule has 0 aliphatic rings. The molecular formula is C22H18N2O3S2. The lowest BCUT2D eigenvalue weighted by atomic mass is 10.1. The highest BCUT2D eigenvalue weighted by Crippen LogP contribution is 2.26. The Bertz CT molecular complexity index is 1230. The van der Waals surface area contributed by atoms with Gasteiger partial charge in [-0.3, -0.25) is 10.1 Å². The van der Waals surface area contributed by atoms with Gasteiger partial charge in [-0.15, -0.1) is 23.1 Å². The predicted octanol–water partition coefficient (Wildman–Crippen LogP) is 5.67. The van der Waals surface area contributed by atoms with Crippen molar-refractivity contribution in [3.63, 3.8) is 0 Å². The van der Waals surface area contributed by atoms with Gasteiger partial charge in [0.15, 0.2) is 5.13 Å². The van der Waals surface area contributed by atoms with E-state index < -0.39 is 5.63 Å². The maximum atomic E-state index is 12.5. The molecule has 0 spiro atoms. The Morgan fingerprint density at radius 3 is 2.66 bits per heavy atom. The summed E-state index contributed by atoms with van der Waals surface area (Å²) in [5.74, 6) is -0.238. The highest BCUT2D eigenvalue weighted by Gasteiger charge is 2.14. The summed E-state index contributed by atoms with van der Waals surface area (Å²) in [6.45, 7) is 4.25. The number of para-hydroxylation sites is 1. The molecule has 7 heteroatoms. The van der Waals surface area contributed by atoms with E-state index in [4.69, 9.17) is 4.42 Å². The number of amides is 1.